The predicted molar refractivity (Wildman–Crippen MR) is 97.4 cm³/mol. The Morgan fingerprint density at radius 1 is 1.33 bits per heavy atom. The number of rotatable bonds is 4. The van der Waals surface area contributed by atoms with E-state index in [0.29, 0.717) is 4.75 Å². The topological polar surface area (TPSA) is 15.3 Å². The molecule has 0 unspecified atom stereocenters. The van der Waals surface area contributed by atoms with Crippen molar-refractivity contribution in [1.29, 1.82) is 0 Å². The maximum absolute atomic E-state index is 3.66. The van der Waals surface area contributed by atoms with Crippen molar-refractivity contribution in [1.82, 2.24) is 5.32 Å². The summed E-state index contributed by atoms with van der Waals surface area (Å²) < 4.78 is 1.59. The van der Waals surface area contributed by atoms with Gasteiger partial charge in [-0.15, -0.1) is 0 Å². The molecule has 1 aromatic carbocycles. The van der Waals surface area contributed by atoms with Gasteiger partial charge in [-0.1, -0.05) is 35.8 Å². The van der Waals surface area contributed by atoms with Gasteiger partial charge in [0.1, 0.15) is 0 Å². The standard InChI is InChI=1S/C17H25BrN2S/c1-17(2)7-8-20(9-10-21-17)16-11-14(18)4-3-13(16)12-19-15-5-6-15/h3-4,11,15,19H,5-10,12H2,1-2H3. The predicted octanol–water partition coefficient (Wildman–Crippen LogP) is 4.42. The van der Waals surface area contributed by atoms with E-state index in [-0.39, 0.29) is 0 Å². The lowest BCUT2D eigenvalue weighted by molar-refractivity contribution is 0.633. The third kappa shape index (κ3) is 4.40. The third-order valence-corrected chi connectivity index (χ3v) is 6.25. The molecule has 0 amide bonds. The highest BCUT2D eigenvalue weighted by molar-refractivity contribution is 9.10. The van der Waals surface area contributed by atoms with E-state index in [0.717, 1.165) is 25.7 Å². The molecule has 0 radical (unpaired) electrons. The summed E-state index contributed by atoms with van der Waals surface area (Å²) in [6.45, 7) is 8.06. The Kier molecular flexibility index (Phi) is 4.87. The van der Waals surface area contributed by atoms with Crippen LogP contribution in [0.25, 0.3) is 0 Å². The molecule has 1 heterocycles. The zero-order valence-electron chi connectivity index (χ0n) is 13.0. The summed E-state index contributed by atoms with van der Waals surface area (Å²) in [5.74, 6) is 1.22. The zero-order chi connectivity index (χ0) is 14.9. The van der Waals surface area contributed by atoms with Crippen molar-refractivity contribution in [3.05, 3.63) is 28.2 Å². The molecule has 0 aromatic heterocycles. The summed E-state index contributed by atoms with van der Waals surface area (Å²) >= 11 is 5.75. The summed E-state index contributed by atoms with van der Waals surface area (Å²) in [6.07, 6.45) is 3.94. The quantitative estimate of drug-likeness (QED) is 0.846. The van der Waals surface area contributed by atoms with Gasteiger partial charge >= 0.3 is 0 Å². The van der Waals surface area contributed by atoms with Gasteiger partial charge in [-0.2, -0.15) is 11.8 Å². The van der Waals surface area contributed by atoms with Crippen molar-refractivity contribution in [2.45, 2.75) is 50.4 Å². The van der Waals surface area contributed by atoms with Gasteiger partial charge in [-0.25, -0.2) is 0 Å². The van der Waals surface area contributed by atoms with Crippen LogP contribution >= 0.6 is 27.7 Å². The van der Waals surface area contributed by atoms with Crippen LogP contribution in [-0.4, -0.2) is 29.6 Å². The summed E-state index contributed by atoms with van der Waals surface area (Å²) in [4.78, 5) is 2.58. The minimum atomic E-state index is 0.410. The lowest BCUT2D eigenvalue weighted by Crippen LogP contribution is -2.29. The van der Waals surface area contributed by atoms with Crippen LogP contribution in [-0.2, 0) is 6.54 Å². The molecule has 2 aliphatic rings. The van der Waals surface area contributed by atoms with Crippen molar-refractivity contribution < 1.29 is 0 Å². The molecule has 1 aromatic rings. The summed E-state index contributed by atoms with van der Waals surface area (Å²) in [5, 5.41) is 3.66. The van der Waals surface area contributed by atoms with Gasteiger partial charge in [-0.3, -0.25) is 0 Å². The Bertz CT molecular complexity index is 500. The molecular formula is C17H25BrN2S. The van der Waals surface area contributed by atoms with Crippen LogP contribution in [0, 0.1) is 0 Å². The fourth-order valence-corrected chi connectivity index (χ4v) is 4.23. The molecule has 0 atom stereocenters. The zero-order valence-corrected chi connectivity index (χ0v) is 15.4. The first-order valence-corrected chi connectivity index (χ1v) is 9.72. The molecule has 1 N–H and O–H groups in total. The molecule has 4 heteroatoms. The average molecular weight is 369 g/mol. The molecule has 1 aliphatic heterocycles. The molecule has 1 saturated heterocycles. The number of nitrogens with one attached hydrogen (secondary N) is 1. The monoisotopic (exact) mass is 368 g/mol. The number of thioether (sulfide) groups is 1. The Morgan fingerprint density at radius 3 is 2.90 bits per heavy atom. The van der Waals surface area contributed by atoms with Gasteiger partial charge in [0.2, 0.25) is 0 Å². The van der Waals surface area contributed by atoms with Crippen LogP contribution in [0.4, 0.5) is 5.69 Å². The summed E-state index contributed by atoms with van der Waals surface area (Å²) in [5.41, 5.74) is 2.85. The number of hydrogen-bond donors (Lipinski definition) is 1. The lowest BCUT2D eigenvalue weighted by Gasteiger charge is -2.27. The lowest BCUT2D eigenvalue weighted by atomic mass is 10.1. The first-order chi connectivity index (χ1) is 10.0. The van der Waals surface area contributed by atoms with E-state index in [4.69, 9.17) is 0 Å². The van der Waals surface area contributed by atoms with Gasteiger partial charge in [0, 0.05) is 46.3 Å². The molecular weight excluding hydrogens is 344 g/mol. The number of nitrogens with zero attached hydrogens (tertiary/aromatic N) is 1. The Hall–Kier alpha value is -0.190. The molecule has 3 rings (SSSR count). The van der Waals surface area contributed by atoms with Gasteiger partial charge in [0.25, 0.3) is 0 Å². The van der Waals surface area contributed by atoms with E-state index in [2.05, 4.69) is 70.0 Å². The molecule has 1 saturated carbocycles. The molecule has 21 heavy (non-hydrogen) atoms. The number of hydrogen-bond acceptors (Lipinski definition) is 3. The Labute approximate surface area is 141 Å². The Balaban J connectivity index is 1.76. The summed E-state index contributed by atoms with van der Waals surface area (Å²) in [7, 11) is 0. The van der Waals surface area contributed by atoms with E-state index in [1.54, 1.807) is 0 Å². The maximum atomic E-state index is 3.66. The third-order valence-electron chi connectivity index (χ3n) is 4.38. The smallest absolute Gasteiger partial charge is 0.0423 e. The number of benzene rings is 1. The first kappa shape index (κ1) is 15.7. The largest absolute Gasteiger partial charge is 0.370 e. The van der Waals surface area contributed by atoms with Crippen LogP contribution in [0.5, 0.6) is 0 Å². The van der Waals surface area contributed by atoms with Crippen molar-refractivity contribution in [3.8, 4) is 0 Å². The van der Waals surface area contributed by atoms with Gasteiger partial charge < -0.3 is 10.2 Å². The second-order valence-corrected chi connectivity index (χ2v) is 9.49. The normalized spacial score (nSPS) is 22.1. The fraction of sp³-hybridized carbons (Fsp3) is 0.647. The highest BCUT2D eigenvalue weighted by Crippen LogP contribution is 2.34. The van der Waals surface area contributed by atoms with Crippen LogP contribution in [0.2, 0.25) is 0 Å². The molecule has 0 spiro atoms. The van der Waals surface area contributed by atoms with Gasteiger partial charge in [-0.05, 0) is 37.0 Å². The first-order valence-electron chi connectivity index (χ1n) is 7.94. The molecule has 2 fully saturated rings. The van der Waals surface area contributed by atoms with E-state index >= 15 is 0 Å². The maximum Gasteiger partial charge on any atom is 0.0423 e. The minimum absolute atomic E-state index is 0.410. The van der Waals surface area contributed by atoms with E-state index < -0.39 is 0 Å². The second kappa shape index (κ2) is 6.51. The highest BCUT2D eigenvalue weighted by Gasteiger charge is 2.25. The SMILES string of the molecule is CC1(C)CCN(c2cc(Br)ccc2CNC2CC2)CCS1. The Morgan fingerprint density at radius 2 is 2.14 bits per heavy atom. The van der Waals surface area contributed by atoms with Crippen LogP contribution in [0.3, 0.4) is 0 Å². The van der Waals surface area contributed by atoms with Crippen molar-refractivity contribution in [2.75, 3.05) is 23.7 Å². The van der Waals surface area contributed by atoms with Crippen molar-refractivity contribution in [2.24, 2.45) is 0 Å². The van der Waals surface area contributed by atoms with Crippen LogP contribution in [0.15, 0.2) is 22.7 Å². The van der Waals surface area contributed by atoms with Crippen molar-refractivity contribution >= 4 is 33.4 Å². The van der Waals surface area contributed by atoms with Crippen molar-refractivity contribution in [3.63, 3.8) is 0 Å². The van der Waals surface area contributed by atoms with E-state index in [1.165, 1.54) is 40.7 Å². The average Bonchev–Trinajstić information content (AvgIpc) is 3.25. The molecule has 116 valence electrons. The highest BCUT2D eigenvalue weighted by atomic mass is 79.9. The molecule has 0 bridgehead atoms. The minimum Gasteiger partial charge on any atom is -0.370 e. The van der Waals surface area contributed by atoms with E-state index in [9.17, 15) is 0 Å². The van der Waals surface area contributed by atoms with E-state index in [1.807, 2.05) is 0 Å². The van der Waals surface area contributed by atoms with Crippen LogP contribution in [0.1, 0.15) is 38.7 Å². The molecule has 2 nitrogen and oxygen atoms in total. The second-order valence-electron chi connectivity index (χ2n) is 6.77. The summed E-state index contributed by atoms with van der Waals surface area (Å²) in [6, 6.07) is 7.51. The van der Waals surface area contributed by atoms with Gasteiger partial charge in [0.15, 0.2) is 0 Å². The van der Waals surface area contributed by atoms with Gasteiger partial charge in [0.05, 0.1) is 0 Å². The number of anilines is 1. The fourth-order valence-electron chi connectivity index (χ4n) is 2.78. The van der Waals surface area contributed by atoms with Crippen LogP contribution < -0.4 is 10.2 Å². The number of halogens is 1. The molecule has 1 aliphatic carbocycles.